The van der Waals surface area contributed by atoms with Gasteiger partial charge in [-0.15, -0.1) is 0 Å². The van der Waals surface area contributed by atoms with Crippen LogP contribution in [0.4, 0.5) is 13.2 Å². The average molecular weight is 276 g/mol. The number of rotatable bonds is 4. The molecule has 7 heteroatoms. The van der Waals surface area contributed by atoms with Gasteiger partial charge in [-0.3, -0.25) is 4.79 Å². The zero-order valence-corrected chi connectivity index (χ0v) is 10.2. The lowest BCUT2D eigenvalue weighted by Gasteiger charge is -2.40. The van der Waals surface area contributed by atoms with Crippen LogP contribution in [0.25, 0.3) is 0 Å². The molecule has 19 heavy (non-hydrogen) atoms. The summed E-state index contributed by atoms with van der Waals surface area (Å²) in [5.41, 5.74) is -0.707. The summed E-state index contributed by atoms with van der Waals surface area (Å²) in [6.45, 7) is -1.40. The van der Waals surface area contributed by atoms with Gasteiger partial charge >= 0.3 is 6.18 Å². The average Bonchev–Trinajstić information content (AvgIpc) is 2.68. The third kappa shape index (κ3) is 3.09. The van der Waals surface area contributed by atoms with Crippen molar-refractivity contribution >= 4 is 5.91 Å². The zero-order valence-electron chi connectivity index (χ0n) is 10.2. The molecule has 106 valence electrons. The molecule has 0 atom stereocenters. The van der Waals surface area contributed by atoms with E-state index in [1.54, 1.807) is 0 Å². The van der Waals surface area contributed by atoms with Crippen molar-refractivity contribution in [3.63, 3.8) is 0 Å². The molecule has 2 N–H and O–H groups in total. The van der Waals surface area contributed by atoms with Crippen LogP contribution in [-0.4, -0.2) is 33.9 Å². The van der Waals surface area contributed by atoms with E-state index in [1.165, 1.54) is 18.3 Å². The molecular formula is C12H15F3N2O2. The number of aromatic nitrogens is 1. The molecule has 1 fully saturated rings. The summed E-state index contributed by atoms with van der Waals surface area (Å²) < 4.78 is 37.9. The molecule has 1 aromatic heterocycles. The van der Waals surface area contributed by atoms with Crippen LogP contribution in [0.15, 0.2) is 18.3 Å². The van der Waals surface area contributed by atoms with Crippen LogP contribution >= 0.6 is 0 Å². The van der Waals surface area contributed by atoms with Gasteiger partial charge in [0.05, 0.1) is 12.1 Å². The number of aliphatic hydroxyl groups excluding tert-OH is 1. The van der Waals surface area contributed by atoms with E-state index in [4.69, 9.17) is 0 Å². The van der Waals surface area contributed by atoms with Crippen LogP contribution in [0.1, 0.15) is 29.8 Å². The highest BCUT2D eigenvalue weighted by Gasteiger charge is 2.38. The molecule has 0 radical (unpaired) electrons. The number of hydrogen-bond acceptors (Lipinski definition) is 2. The van der Waals surface area contributed by atoms with Crippen molar-refractivity contribution in [1.29, 1.82) is 0 Å². The topological polar surface area (TPSA) is 54.3 Å². The zero-order chi connectivity index (χ0) is 14.1. The molecule has 0 aromatic carbocycles. The highest BCUT2D eigenvalue weighted by atomic mass is 19.4. The van der Waals surface area contributed by atoms with Gasteiger partial charge in [0.1, 0.15) is 12.2 Å². The Morgan fingerprint density at radius 3 is 2.63 bits per heavy atom. The second-order valence-electron chi connectivity index (χ2n) is 4.88. The second-order valence-corrected chi connectivity index (χ2v) is 4.88. The first-order valence-electron chi connectivity index (χ1n) is 6.00. The Bertz CT molecular complexity index is 458. The lowest BCUT2D eigenvalue weighted by atomic mass is 9.77. The molecule has 1 aliphatic rings. The summed E-state index contributed by atoms with van der Waals surface area (Å²) in [6.07, 6.45) is -0.969. The number of amides is 1. The van der Waals surface area contributed by atoms with Crippen molar-refractivity contribution < 1.29 is 23.1 Å². The van der Waals surface area contributed by atoms with Gasteiger partial charge in [-0.25, -0.2) is 0 Å². The van der Waals surface area contributed by atoms with Crippen LogP contribution in [0.5, 0.6) is 0 Å². The Kier molecular flexibility index (Phi) is 3.58. The first-order chi connectivity index (χ1) is 8.85. The normalized spacial score (nSPS) is 17.9. The Morgan fingerprint density at radius 2 is 2.16 bits per heavy atom. The Morgan fingerprint density at radius 1 is 1.47 bits per heavy atom. The fourth-order valence-electron chi connectivity index (χ4n) is 2.18. The Balaban J connectivity index is 2.09. The molecule has 0 unspecified atom stereocenters. The Hall–Kier alpha value is -1.50. The SMILES string of the molecule is O=C(NC1(CO)CCC1)c1cccn1CC(F)(F)F. The number of nitrogens with one attached hydrogen (secondary N) is 1. The first kappa shape index (κ1) is 13.9. The maximum absolute atomic E-state index is 12.4. The molecule has 1 aliphatic carbocycles. The summed E-state index contributed by atoms with van der Waals surface area (Å²) in [5, 5.41) is 11.9. The highest BCUT2D eigenvalue weighted by molar-refractivity contribution is 5.93. The van der Waals surface area contributed by atoms with Crippen molar-refractivity contribution in [3.05, 3.63) is 24.0 Å². The van der Waals surface area contributed by atoms with Crippen molar-refractivity contribution in [1.82, 2.24) is 9.88 Å². The third-order valence-corrected chi connectivity index (χ3v) is 3.40. The maximum Gasteiger partial charge on any atom is 0.406 e. The van der Waals surface area contributed by atoms with E-state index in [-0.39, 0.29) is 12.3 Å². The smallest absolute Gasteiger partial charge is 0.394 e. The molecule has 1 saturated carbocycles. The van der Waals surface area contributed by atoms with Crippen molar-refractivity contribution in [3.8, 4) is 0 Å². The number of nitrogens with zero attached hydrogens (tertiary/aromatic N) is 1. The largest absolute Gasteiger partial charge is 0.406 e. The van der Waals surface area contributed by atoms with Crippen LogP contribution in [0, 0.1) is 0 Å². The van der Waals surface area contributed by atoms with Gasteiger partial charge in [0.15, 0.2) is 0 Å². The molecular weight excluding hydrogens is 261 g/mol. The fraction of sp³-hybridized carbons (Fsp3) is 0.583. The maximum atomic E-state index is 12.4. The van der Waals surface area contributed by atoms with Gasteiger partial charge in [-0.2, -0.15) is 13.2 Å². The first-order valence-corrected chi connectivity index (χ1v) is 6.00. The number of carbonyl (C=O) groups excluding carboxylic acids is 1. The highest BCUT2D eigenvalue weighted by Crippen LogP contribution is 2.31. The van der Waals surface area contributed by atoms with Gasteiger partial charge in [0.2, 0.25) is 0 Å². The number of hydrogen-bond donors (Lipinski definition) is 2. The molecule has 0 aliphatic heterocycles. The van der Waals surface area contributed by atoms with Gasteiger partial charge in [0, 0.05) is 6.20 Å². The summed E-state index contributed by atoms with van der Waals surface area (Å²) >= 11 is 0. The van der Waals surface area contributed by atoms with Crippen molar-refractivity contribution in [2.45, 2.75) is 37.5 Å². The monoisotopic (exact) mass is 276 g/mol. The minimum Gasteiger partial charge on any atom is -0.394 e. The van der Waals surface area contributed by atoms with E-state index < -0.39 is 24.2 Å². The van der Waals surface area contributed by atoms with Crippen molar-refractivity contribution in [2.24, 2.45) is 0 Å². The summed E-state index contributed by atoms with van der Waals surface area (Å²) in [6, 6.07) is 2.73. The number of alkyl halides is 3. The third-order valence-electron chi connectivity index (χ3n) is 3.40. The van der Waals surface area contributed by atoms with E-state index in [0.29, 0.717) is 12.8 Å². The predicted molar refractivity (Wildman–Crippen MR) is 61.6 cm³/mol. The summed E-state index contributed by atoms with van der Waals surface area (Å²) in [5.74, 6) is -0.581. The lowest BCUT2D eigenvalue weighted by molar-refractivity contribution is -0.140. The van der Waals surface area contributed by atoms with E-state index in [0.717, 1.165) is 11.0 Å². The van der Waals surface area contributed by atoms with Gasteiger partial charge in [0.25, 0.3) is 5.91 Å². The molecule has 0 saturated heterocycles. The molecule has 4 nitrogen and oxygen atoms in total. The van der Waals surface area contributed by atoms with Crippen LogP contribution in [0.3, 0.4) is 0 Å². The van der Waals surface area contributed by atoms with E-state index >= 15 is 0 Å². The standard InChI is InChI=1S/C12H15F3N2O2/c13-12(14,15)7-17-6-1-3-9(17)10(19)16-11(8-18)4-2-5-11/h1,3,6,18H,2,4-5,7-8H2,(H,16,19). The number of carbonyl (C=O) groups is 1. The lowest BCUT2D eigenvalue weighted by Crippen LogP contribution is -2.56. The van der Waals surface area contributed by atoms with Gasteiger partial charge in [-0.1, -0.05) is 0 Å². The fourth-order valence-corrected chi connectivity index (χ4v) is 2.18. The molecule has 2 rings (SSSR count). The number of halogens is 3. The van der Waals surface area contributed by atoms with E-state index in [1.807, 2.05) is 0 Å². The van der Waals surface area contributed by atoms with Crippen LogP contribution < -0.4 is 5.32 Å². The minimum absolute atomic E-state index is 0.0444. The van der Waals surface area contributed by atoms with Gasteiger partial charge < -0.3 is 15.0 Å². The van der Waals surface area contributed by atoms with Crippen LogP contribution in [-0.2, 0) is 6.54 Å². The Labute approximate surface area is 108 Å². The summed E-state index contributed by atoms with van der Waals surface area (Å²) in [7, 11) is 0. The molecule has 1 aromatic rings. The van der Waals surface area contributed by atoms with E-state index in [9.17, 15) is 23.1 Å². The van der Waals surface area contributed by atoms with E-state index in [2.05, 4.69) is 5.32 Å². The summed E-state index contributed by atoms with van der Waals surface area (Å²) in [4.78, 5) is 12.0. The predicted octanol–water partition coefficient (Wildman–Crippen LogP) is 1.70. The molecule has 0 spiro atoms. The molecule has 1 amide bonds. The van der Waals surface area contributed by atoms with Crippen LogP contribution in [0.2, 0.25) is 0 Å². The molecule has 0 bridgehead atoms. The van der Waals surface area contributed by atoms with Gasteiger partial charge in [-0.05, 0) is 31.4 Å². The molecule has 1 heterocycles. The minimum atomic E-state index is -4.38. The number of aliphatic hydroxyl groups is 1. The van der Waals surface area contributed by atoms with Crippen molar-refractivity contribution in [2.75, 3.05) is 6.61 Å². The second kappa shape index (κ2) is 4.88. The quantitative estimate of drug-likeness (QED) is 0.879.